The number of hydrogen-bond acceptors (Lipinski definition) is 12. The maximum atomic E-state index is 15.6. The van der Waals surface area contributed by atoms with Gasteiger partial charge in [0.15, 0.2) is 24.7 Å². The fourth-order valence-electron chi connectivity index (χ4n) is 4.25. The molecular weight excluding hydrogens is 531 g/mol. The van der Waals surface area contributed by atoms with Gasteiger partial charge in [0.05, 0.1) is 18.6 Å². The van der Waals surface area contributed by atoms with E-state index in [4.69, 9.17) is 45.8 Å². The van der Waals surface area contributed by atoms with Crippen LogP contribution in [0, 0.1) is 0 Å². The molecule has 0 bridgehead atoms. The van der Waals surface area contributed by atoms with Gasteiger partial charge in [0.1, 0.15) is 24.4 Å². The fraction of sp³-hybridized carbons (Fsp3) is 0.833. The Bertz CT molecular complexity index is 1130. The van der Waals surface area contributed by atoms with E-state index in [0.717, 1.165) is 20.8 Å². The molecule has 0 aromatic rings. The van der Waals surface area contributed by atoms with Crippen LogP contribution in [0.3, 0.4) is 0 Å². The van der Waals surface area contributed by atoms with Gasteiger partial charge >= 0.3 is 17.9 Å². The van der Waals surface area contributed by atoms with Crippen molar-refractivity contribution in [1.29, 1.82) is 0 Å². The highest BCUT2D eigenvalue weighted by molar-refractivity contribution is 5.67. The van der Waals surface area contributed by atoms with Crippen LogP contribution in [-0.2, 0) is 38.1 Å². The van der Waals surface area contributed by atoms with Crippen LogP contribution in [0.1, 0.15) is 27.2 Å². The second-order valence-corrected chi connectivity index (χ2v) is 8.20. The summed E-state index contributed by atoms with van der Waals surface area (Å²) in [7, 11) is 0. The molecule has 210 valence electrons. The summed E-state index contributed by atoms with van der Waals surface area (Å²) >= 11 is 0. The number of azide groups is 4. The number of esters is 3. The zero-order chi connectivity index (χ0) is 29.1. The average molecular weight is 554 g/mol. The Kier molecular flexibility index (Phi) is 11.4. The van der Waals surface area contributed by atoms with Crippen LogP contribution < -0.4 is 0 Å². The van der Waals surface area contributed by atoms with Crippen LogP contribution in [0.25, 0.3) is 41.8 Å². The number of carbonyl (C=O) groups excluding carboxylic acids is 3. The van der Waals surface area contributed by atoms with E-state index in [0.29, 0.717) is 0 Å². The summed E-state index contributed by atoms with van der Waals surface area (Å²) in [4.78, 5) is 45.9. The van der Waals surface area contributed by atoms with Gasteiger partial charge in [0, 0.05) is 40.4 Å². The number of ether oxygens (including phenoxy) is 5. The minimum atomic E-state index is -2.24. The number of halogens is 1. The van der Waals surface area contributed by atoms with Crippen LogP contribution in [0.5, 0.6) is 0 Å². The maximum absolute atomic E-state index is 15.6. The zero-order valence-corrected chi connectivity index (χ0v) is 20.7. The van der Waals surface area contributed by atoms with E-state index in [1.807, 2.05) is 0 Å². The SMILES string of the molecule is CC(=O)O[C@@H]1[C@@H](OC(C)=O)[C@H](N=[N+]=[N-])C[C@H](N=[N+]=[N-])[C@H]1O[C@H]1O[C@H](CN=[N+]=[N-])[C@@H](OC(C)=O)[C@@H](F)[C@H]1N=[N+]=[N-]. The lowest BCUT2D eigenvalue weighted by Gasteiger charge is -2.46. The van der Waals surface area contributed by atoms with Crippen molar-refractivity contribution in [3.8, 4) is 0 Å². The summed E-state index contributed by atoms with van der Waals surface area (Å²) in [6, 6.07) is -4.26. The number of alkyl halides is 1. The smallest absolute Gasteiger partial charge is 0.303 e. The molecule has 0 amide bonds. The van der Waals surface area contributed by atoms with E-state index < -0.39 is 85.6 Å². The second-order valence-electron chi connectivity index (χ2n) is 8.20. The quantitative estimate of drug-likeness (QED) is 0.127. The fourth-order valence-corrected chi connectivity index (χ4v) is 4.25. The van der Waals surface area contributed by atoms with Crippen LogP contribution in [0.2, 0.25) is 0 Å². The van der Waals surface area contributed by atoms with Gasteiger partial charge in [0.25, 0.3) is 0 Å². The maximum Gasteiger partial charge on any atom is 0.303 e. The normalized spacial score (nSPS) is 33.4. The van der Waals surface area contributed by atoms with Gasteiger partial charge in [-0.2, -0.15) is 0 Å². The van der Waals surface area contributed by atoms with Crippen molar-refractivity contribution >= 4 is 17.9 Å². The first-order valence-electron chi connectivity index (χ1n) is 11.2. The molecule has 1 heterocycles. The first-order valence-corrected chi connectivity index (χ1v) is 11.2. The van der Waals surface area contributed by atoms with E-state index >= 15 is 4.39 Å². The Morgan fingerprint density at radius 2 is 1.31 bits per heavy atom. The lowest BCUT2D eigenvalue weighted by atomic mass is 9.84. The van der Waals surface area contributed by atoms with Crippen molar-refractivity contribution in [2.24, 2.45) is 20.5 Å². The Morgan fingerprint density at radius 3 is 1.82 bits per heavy atom. The predicted octanol–water partition coefficient (Wildman–Crippen LogP) is 2.98. The molecule has 2 fully saturated rings. The molecule has 1 aliphatic carbocycles. The highest BCUT2D eigenvalue weighted by Gasteiger charge is 2.54. The van der Waals surface area contributed by atoms with Crippen molar-refractivity contribution in [2.75, 3.05) is 6.54 Å². The summed E-state index contributed by atoms with van der Waals surface area (Å²) in [6.45, 7) is 2.51. The topological polar surface area (TPSA) is 292 Å². The van der Waals surface area contributed by atoms with Gasteiger partial charge in [-0.3, -0.25) is 14.4 Å². The lowest BCUT2D eigenvalue weighted by Crippen LogP contribution is -2.63. The summed E-state index contributed by atoms with van der Waals surface area (Å²) in [5, 5.41) is 13.8. The number of hydrogen-bond donors (Lipinski definition) is 0. The largest absolute Gasteiger partial charge is 0.458 e. The molecule has 39 heavy (non-hydrogen) atoms. The minimum Gasteiger partial charge on any atom is -0.458 e. The summed E-state index contributed by atoms with van der Waals surface area (Å²) in [6.07, 6.45) is -12.0. The van der Waals surface area contributed by atoms with Crippen molar-refractivity contribution in [3.05, 3.63) is 41.8 Å². The first-order chi connectivity index (χ1) is 18.6. The minimum absolute atomic E-state index is 0.273. The third-order valence-electron chi connectivity index (χ3n) is 5.59. The van der Waals surface area contributed by atoms with Crippen molar-refractivity contribution in [2.45, 2.75) is 88.3 Å². The van der Waals surface area contributed by atoms with Crippen LogP contribution in [0.4, 0.5) is 4.39 Å². The number of nitrogens with zero attached hydrogens (tertiary/aromatic N) is 12. The van der Waals surface area contributed by atoms with Gasteiger partial charge in [-0.05, 0) is 28.5 Å². The molecule has 21 heteroatoms. The molecule has 0 N–H and O–H groups in total. The average Bonchev–Trinajstić information content (AvgIpc) is 2.85. The molecule has 2 aliphatic rings. The van der Waals surface area contributed by atoms with E-state index in [-0.39, 0.29) is 6.42 Å². The van der Waals surface area contributed by atoms with E-state index in [9.17, 15) is 14.4 Å². The lowest BCUT2D eigenvalue weighted by molar-refractivity contribution is -0.284. The second kappa shape index (κ2) is 14.4. The summed E-state index contributed by atoms with van der Waals surface area (Å²) in [5.74, 6) is -2.66. The van der Waals surface area contributed by atoms with E-state index in [2.05, 4.69) is 40.1 Å². The van der Waals surface area contributed by atoms with Crippen molar-refractivity contribution in [3.63, 3.8) is 0 Å². The standard InChI is InChI=1S/C18H23FN12O8/c1-6(32)35-14-9(25-29-21)4-10(26-30-22)15(17(14)37-8(3)34)39-18-13(27-31-23)12(19)16(36-7(2)33)11(38-18)5-24-28-20/h9-18H,4-5H2,1-3H3/t9-,10+,11-,12+,13-,14+,15-,16-,17-,18-/m1/s1. The highest BCUT2D eigenvalue weighted by Crippen LogP contribution is 2.36. The Labute approximate surface area is 218 Å². The van der Waals surface area contributed by atoms with Gasteiger partial charge < -0.3 is 23.7 Å². The molecule has 10 atom stereocenters. The Morgan fingerprint density at radius 1 is 0.795 bits per heavy atom. The Hall–Kier alpha value is -4.50. The number of carbonyl (C=O) groups is 3. The van der Waals surface area contributed by atoms with Gasteiger partial charge in [-0.25, -0.2) is 4.39 Å². The molecule has 20 nitrogen and oxygen atoms in total. The van der Waals surface area contributed by atoms with E-state index in [1.165, 1.54) is 0 Å². The van der Waals surface area contributed by atoms with Gasteiger partial charge in [-0.15, -0.1) is 0 Å². The van der Waals surface area contributed by atoms with Crippen molar-refractivity contribution < 1.29 is 42.5 Å². The van der Waals surface area contributed by atoms with Crippen LogP contribution in [0.15, 0.2) is 20.5 Å². The molecular formula is C18H23FN12O8. The molecule has 1 saturated heterocycles. The molecule has 0 aromatic carbocycles. The van der Waals surface area contributed by atoms with E-state index in [1.54, 1.807) is 0 Å². The molecule has 0 radical (unpaired) electrons. The summed E-state index contributed by atoms with van der Waals surface area (Å²) < 4.78 is 42.6. The van der Waals surface area contributed by atoms with Crippen LogP contribution >= 0.6 is 0 Å². The highest BCUT2D eigenvalue weighted by atomic mass is 19.1. The molecule has 1 saturated carbocycles. The van der Waals surface area contributed by atoms with Crippen molar-refractivity contribution in [1.82, 2.24) is 0 Å². The molecule has 0 aromatic heterocycles. The van der Waals surface area contributed by atoms with Gasteiger partial charge in [-0.1, -0.05) is 20.5 Å². The molecule has 2 rings (SSSR count). The first kappa shape index (κ1) is 30.7. The molecule has 0 unspecified atom stereocenters. The summed E-state index contributed by atoms with van der Waals surface area (Å²) in [5.41, 5.74) is 35.9. The third-order valence-corrected chi connectivity index (χ3v) is 5.59. The molecule has 0 spiro atoms. The number of rotatable bonds is 10. The monoisotopic (exact) mass is 554 g/mol. The third kappa shape index (κ3) is 7.99. The predicted molar refractivity (Wildman–Crippen MR) is 123 cm³/mol. The zero-order valence-electron chi connectivity index (χ0n) is 20.7. The Balaban J connectivity index is 2.59. The molecule has 1 aliphatic heterocycles. The van der Waals surface area contributed by atoms with Crippen LogP contribution in [-0.4, -0.2) is 85.6 Å². The van der Waals surface area contributed by atoms with Gasteiger partial charge in [0.2, 0.25) is 0 Å².